The quantitative estimate of drug-likeness (QED) is 0.260. The van der Waals surface area contributed by atoms with Gasteiger partial charge in [-0.25, -0.2) is 4.79 Å². The molecular weight excluding hydrogens is 554 g/mol. The molecule has 4 aliphatic carbocycles. The molecule has 1 aromatic carbocycles. The van der Waals surface area contributed by atoms with Crippen molar-refractivity contribution in [1.29, 1.82) is 0 Å². The standard InChI is InChI=1S/C32H43N3O8/c1-30-12-9-21(17-20(30)6-7-22-23(30)10-13-31(2)24(22)11-14-32(31,3)39)34-43-18-28(37)33-25(29(38)42-4)15-19-5-8-27(36)26(16-19)35(40)41/h5,8-9,12,16-17,22-25,36,39-41H,6-7,10-11,13-15,18H2,1-4H3,(H,33,37)/p-1/t22?,23?,24?,25?,30-,31-,32-/m0/s1. The molecule has 0 bridgehead atoms. The first-order valence-corrected chi connectivity index (χ1v) is 15.0. The Morgan fingerprint density at radius 3 is 2.63 bits per heavy atom. The maximum absolute atomic E-state index is 12.6. The first-order valence-electron chi connectivity index (χ1n) is 15.0. The van der Waals surface area contributed by atoms with E-state index in [0.29, 0.717) is 29.0 Å². The van der Waals surface area contributed by atoms with E-state index in [2.05, 4.69) is 36.5 Å². The Labute approximate surface area is 251 Å². The molecule has 3 saturated carbocycles. The Morgan fingerprint density at radius 1 is 1.16 bits per heavy atom. The van der Waals surface area contributed by atoms with Crippen LogP contribution >= 0.6 is 0 Å². The maximum Gasteiger partial charge on any atom is 0.328 e. The Kier molecular flexibility index (Phi) is 8.36. The fourth-order valence-corrected chi connectivity index (χ4v) is 8.33. The fraction of sp³-hybridized carbons (Fsp3) is 0.594. The summed E-state index contributed by atoms with van der Waals surface area (Å²) in [4.78, 5) is 30.3. The molecule has 5 rings (SSSR count). The minimum absolute atomic E-state index is 0.0252. The minimum atomic E-state index is -1.10. The number of esters is 1. The van der Waals surface area contributed by atoms with E-state index in [9.17, 15) is 30.2 Å². The van der Waals surface area contributed by atoms with Crippen molar-refractivity contribution in [2.75, 3.05) is 18.9 Å². The van der Waals surface area contributed by atoms with Crippen LogP contribution in [0.25, 0.3) is 0 Å². The number of oxime groups is 1. The number of nitrogens with one attached hydrogen (secondary N) is 1. The van der Waals surface area contributed by atoms with E-state index in [0.717, 1.165) is 44.6 Å². The lowest BCUT2D eigenvalue weighted by Crippen LogP contribution is -2.53. The number of anilines is 1. The highest BCUT2D eigenvalue weighted by Crippen LogP contribution is 2.66. The predicted molar refractivity (Wildman–Crippen MR) is 155 cm³/mol. The molecular formula is C32H42N3O8-. The van der Waals surface area contributed by atoms with Gasteiger partial charge >= 0.3 is 5.97 Å². The van der Waals surface area contributed by atoms with E-state index in [4.69, 9.17) is 9.57 Å². The number of benzene rings is 1. The molecule has 0 heterocycles. The van der Waals surface area contributed by atoms with Gasteiger partial charge in [-0.15, -0.1) is 5.23 Å². The van der Waals surface area contributed by atoms with Crippen molar-refractivity contribution in [3.8, 4) is 5.75 Å². The number of hydrogen-bond acceptors (Lipinski definition) is 10. The normalized spacial score (nSPS) is 34.3. The van der Waals surface area contributed by atoms with Gasteiger partial charge in [-0.1, -0.05) is 48.5 Å². The van der Waals surface area contributed by atoms with Crippen LogP contribution in [0.3, 0.4) is 0 Å². The summed E-state index contributed by atoms with van der Waals surface area (Å²) in [5.41, 5.74) is 1.25. The average Bonchev–Trinajstić information content (AvgIpc) is 3.21. The number of fused-ring (bicyclic) bond motifs is 5. The Hall–Kier alpha value is -3.41. The van der Waals surface area contributed by atoms with Gasteiger partial charge in [-0.2, -0.15) is 0 Å². The number of aliphatic hydroxyl groups is 1. The average molecular weight is 597 g/mol. The second kappa shape index (κ2) is 11.6. The summed E-state index contributed by atoms with van der Waals surface area (Å²) in [6.07, 6.45) is 12.3. The molecule has 1 aromatic rings. The SMILES string of the molecule is COC(=O)C(Cc1ccc([O-])c(N(O)O)c1)NC(=O)CON=C1C=C[C@@]2(C)C(=C1)CCC1C2CC[C@@]2(C)C1CC[C@]2(C)O. The molecule has 7 atom stereocenters. The second-order valence-electron chi connectivity index (χ2n) is 13.2. The number of carbonyl (C=O) groups excluding carboxylic acids is 2. The monoisotopic (exact) mass is 596 g/mol. The lowest BCUT2D eigenvalue weighted by molar-refractivity contribution is -0.268. The smallest absolute Gasteiger partial charge is 0.328 e. The number of ether oxygens (including phenoxy) is 1. The van der Waals surface area contributed by atoms with Gasteiger partial charge in [0.2, 0.25) is 0 Å². The number of rotatable bonds is 8. The van der Waals surface area contributed by atoms with Crippen LogP contribution in [0.1, 0.15) is 64.9 Å². The summed E-state index contributed by atoms with van der Waals surface area (Å²) in [5.74, 6) is -0.302. The molecule has 1 amide bonds. The molecule has 0 aliphatic heterocycles. The van der Waals surface area contributed by atoms with Crippen molar-refractivity contribution in [3.05, 3.63) is 47.6 Å². The van der Waals surface area contributed by atoms with E-state index in [-0.39, 0.29) is 28.2 Å². The number of nitrogens with zero attached hydrogens (tertiary/aromatic N) is 2. The second-order valence-corrected chi connectivity index (χ2v) is 13.2. The van der Waals surface area contributed by atoms with Gasteiger partial charge in [0.05, 0.1) is 18.4 Å². The highest BCUT2D eigenvalue weighted by molar-refractivity contribution is 6.05. The fourth-order valence-electron chi connectivity index (χ4n) is 8.33. The highest BCUT2D eigenvalue weighted by Gasteiger charge is 2.62. The topological polar surface area (TPSA) is 164 Å². The molecule has 11 heteroatoms. The molecule has 43 heavy (non-hydrogen) atoms. The van der Waals surface area contributed by atoms with Crippen molar-refractivity contribution in [1.82, 2.24) is 5.32 Å². The predicted octanol–water partition coefficient (Wildman–Crippen LogP) is 3.41. The van der Waals surface area contributed by atoms with Crippen molar-refractivity contribution >= 4 is 23.3 Å². The van der Waals surface area contributed by atoms with Crippen molar-refractivity contribution in [2.24, 2.45) is 33.7 Å². The van der Waals surface area contributed by atoms with Crippen LogP contribution in [0.15, 0.2) is 47.2 Å². The summed E-state index contributed by atoms with van der Waals surface area (Å²) in [6, 6.07) is 2.67. The van der Waals surface area contributed by atoms with E-state index in [1.165, 1.54) is 24.8 Å². The van der Waals surface area contributed by atoms with Crippen molar-refractivity contribution in [2.45, 2.75) is 77.4 Å². The van der Waals surface area contributed by atoms with Crippen molar-refractivity contribution in [3.63, 3.8) is 0 Å². The van der Waals surface area contributed by atoms with E-state index in [1.807, 2.05) is 13.0 Å². The largest absolute Gasteiger partial charge is 0.871 e. The number of allylic oxidation sites excluding steroid dienone is 4. The molecule has 3 fully saturated rings. The number of carbonyl (C=O) groups is 2. The van der Waals surface area contributed by atoms with Crippen LogP contribution in [-0.2, 0) is 25.6 Å². The van der Waals surface area contributed by atoms with Gasteiger partial charge in [-0.3, -0.25) is 15.2 Å². The summed E-state index contributed by atoms with van der Waals surface area (Å²) in [7, 11) is 1.19. The third kappa shape index (κ3) is 5.65. The van der Waals surface area contributed by atoms with Gasteiger partial charge in [0.25, 0.3) is 5.91 Å². The molecule has 234 valence electrons. The van der Waals surface area contributed by atoms with Crippen LogP contribution in [0.4, 0.5) is 5.69 Å². The summed E-state index contributed by atoms with van der Waals surface area (Å²) >= 11 is 0. The molecule has 11 nitrogen and oxygen atoms in total. The molecule has 0 aromatic heterocycles. The Morgan fingerprint density at radius 2 is 1.91 bits per heavy atom. The molecule has 0 spiro atoms. The third-order valence-corrected chi connectivity index (χ3v) is 11.0. The van der Waals surface area contributed by atoms with Crippen LogP contribution in [-0.4, -0.2) is 58.5 Å². The molecule has 0 saturated heterocycles. The van der Waals surface area contributed by atoms with Crippen molar-refractivity contribution < 1.29 is 39.8 Å². The molecule has 0 radical (unpaired) electrons. The first kappa shape index (κ1) is 31.0. The maximum atomic E-state index is 12.6. The van der Waals surface area contributed by atoms with Gasteiger partial charge in [0.1, 0.15) is 11.8 Å². The zero-order valence-corrected chi connectivity index (χ0v) is 25.2. The molecule has 4 aliphatic rings. The minimum Gasteiger partial charge on any atom is -0.871 e. The number of hydrogen-bond donors (Lipinski definition) is 4. The molecule has 4 N–H and O–H groups in total. The number of amides is 1. The van der Waals surface area contributed by atoms with E-state index in [1.54, 1.807) is 0 Å². The lowest BCUT2D eigenvalue weighted by atomic mass is 9.47. The van der Waals surface area contributed by atoms with Gasteiger partial charge in [-0.05, 0) is 92.4 Å². The van der Waals surface area contributed by atoms with E-state index >= 15 is 0 Å². The van der Waals surface area contributed by atoms with Crippen LogP contribution in [0, 0.1) is 28.6 Å². The summed E-state index contributed by atoms with van der Waals surface area (Å²) < 4.78 is 4.80. The summed E-state index contributed by atoms with van der Waals surface area (Å²) in [6.45, 7) is 6.20. The Bertz CT molecular complexity index is 1350. The number of methoxy groups -OCH3 is 1. The first-order chi connectivity index (χ1) is 20.3. The molecule has 4 unspecified atom stereocenters. The Balaban J connectivity index is 1.20. The van der Waals surface area contributed by atoms with Gasteiger partial charge in [0.15, 0.2) is 6.61 Å². The van der Waals surface area contributed by atoms with E-state index < -0.39 is 35.9 Å². The van der Waals surface area contributed by atoms with Gasteiger partial charge < -0.3 is 25.1 Å². The lowest BCUT2D eigenvalue weighted by Gasteiger charge is -2.58. The van der Waals surface area contributed by atoms with Crippen LogP contribution < -0.4 is 15.6 Å². The zero-order valence-electron chi connectivity index (χ0n) is 25.2. The highest BCUT2D eigenvalue weighted by atomic mass is 16.8. The van der Waals surface area contributed by atoms with Crippen LogP contribution in [0.5, 0.6) is 5.75 Å². The van der Waals surface area contributed by atoms with Crippen LogP contribution in [0.2, 0.25) is 0 Å². The van der Waals surface area contributed by atoms with Gasteiger partial charge in [0, 0.05) is 11.8 Å². The third-order valence-electron chi connectivity index (χ3n) is 11.0. The summed E-state index contributed by atoms with van der Waals surface area (Å²) in [5, 5.41) is 47.8. The zero-order chi connectivity index (χ0) is 31.2.